The van der Waals surface area contributed by atoms with Crippen LogP contribution in [0, 0.1) is 0 Å². The van der Waals surface area contributed by atoms with E-state index in [2.05, 4.69) is 25.7 Å². The molecule has 30 heavy (non-hydrogen) atoms. The van der Waals surface area contributed by atoms with Crippen LogP contribution in [0.5, 0.6) is 0 Å². The third-order valence-corrected chi connectivity index (χ3v) is 4.46. The number of rotatable bonds is 4. The quantitative estimate of drug-likeness (QED) is 0.677. The Bertz CT molecular complexity index is 1030. The molecule has 2 N–H and O–H groups in total. The van der Waals surface area contributed by atoms with E-state index in [1.807, 2.05) is 12.1 Å². The van der Waals surface area contributed by atoms with Gasteiger partial charge in [-0.15, -0.1) is 0 Å². The number of nitrogens with one attached hydrogen (secondary N) is 2. The van der Waals surface area contributed by atoms with Crippen LogP contribution in [0.4, 0.5) is 18.9 Å². The summed E-state index contributed by atoms with van der Waals surface area (Å²) in [6.07, 6.45) is -0.372. The molecular formula is C19H17F3N6O2. The Hall–Kier alpha value is -3.31. The second-order valence-corrected chi connectivity index (χ2v) is 6.57. The molecule has 1 unspecified atom stereocenters. The lowest BCUT2D eigenvalue weighted by atomic mass is 10.1. The molecule has 1 amide bonds. The monoisotopic (exact) mass is 418 g/mol. The van der Waals surface area contributed by atoms with E-state index in [0.717, 1.165) is 29.5 Å². The molecule has 1 atom stereocenters. The highest BCUT2D eigenvalue weighted by molar-refractivity contribution is 6.03. The summed E-state index contributed by atoms with van der Waals surface area (Å²) < 4.78 is 45.1. The Morgan fingerprint density at radius 2 is 2.00 bits per heavy atom. The maximum Gasteiger partial charge on any atom is 0.434 e. The number of aromatic nitrogens is 4. The summed E-state index contributed by atoms with van der Waals surface area (Å²) in [7, 11) is 0. The first-order chi connectivity index (χ1) is 14.4. The van der Waals surface area contributed by atoms with Gasteiger partial charge in [-0.2, -0.15) is 18.3 Å². The summed E-state index contributed by atoms with van der Waals surface area (Å²) in [6, 6.07) is 7.26. The van der Waals surface area contributed by atoms with Gasteiger partial charge in [-0.05, 0) is 17.7 Å². The van der Waals surface area contributed by atoms with Crippen LogP contribution in [0.2, 0.25) is 0 Å². The van der Waals surface area contributed by atoms with Gasteiger partial charge in [0.15, 0.2) is 11.5 Å². The molecule has 4 rings (SSSR count). The van der Waals surface area contributed by atoms with Gasteiger partial charge in [0.1, 0.15) is 0 Å². The van der Waals surface area contributed by atoms with Gasteiger partial charge in [0.25, 0.3) is 5.91 Å². The van der Waals surface area contributed by atoms with E-state index in [-0.39, 0.29) is 17.5 Å². The minimum absolute atomic E-state index is 0.0321. The molecule has 0 saturated carbocycles. The average Bonchev–Trinajstić information content (AvgIpc) is 3.25. The van der Waals surface area contributed by atoms with Crippen LogP contribution < -0.4 is 10.6 Å². The molecule has 0 aliphatic carbocycles. The molecule has 0 bridgehead atoms. The van der Waals surface area contributed by atoms with E-state index in [4.69, 9.17) is 4.74 Å². The van der Waals surface area contributed by atoms with Gasteiger partial charge in [-0.1, -0.05) is 12.1 Å². The van der Waals surface area contributed by atoms with Gasteiger partial charge in [-0.25, -0.2) is 9.67 Å². The number of nitrogens with zero attached hydrogens (tertiary/aromatic N) is 4. The number of hydrogen-bond acceptors (Lipinski definition) is 6. The maximum absolute atomic E-state index is 12.8. The van der Waals surface area contributed by atoms with E-state index < -0.39 is 17.8 Å². The number of morpholine rings is 1. The minimum atomic E-state index is -4.62. The van der Waals surface area contributed by atoms with Crippen molar-refractivity contribution < 1.29 is 22.7 Å². The van der Waals surface area contributed by atoms with Gasteiger partial charge in [0.2, 0.25) is 0 Å². The second-order valence-electron chi connectivity index (χ2n) is 6.57. The van der Waals surface area contributed by atoms with Crippen molar-refractivity contribution in [2.45, 2.75) is 12.3 Å². The zero-order valence-electron chi connectivity index (χ0n) is 15.6. The van der Waals surface area contributed by atoms with E-state index >= 15 is 0 Å². The number of alkyl halides is 3. The zero-order chi connectivity index (χ0) is 21.1. The van der Waals surface area contributed by atoms with Crippen LogP contribution in [0.1, 0.15) is 27.7 Å². The third kappa shape index (κ3) is 4.47. The Kier molecular flexibility index (Phi) is 5.46. The molecule has 1 saturated heterocycles. The maximum atomic E-state index is 12.8. The highest BCUT2D eigenvalue weighted by Crippen LogP contribution is 2.27. The molecule has 156 valence electrons. The van der Waals surface area contributed by atoms with E-state index in [1.54, 1.807) is 12.1 Å². The molecule has 3 aromatic rings. The fourth-order valence-corrected chi connectivity index (χ4v) is 2.93. The topological polar surface area (TPSA) is 94.0 Å². The van der Waals surface area contributed by atoms with Crippen LogP contribution in [0.3, 0.4) is 0 Å². The van der Waals surface area contributed by atoms with Crippen LogP contribution in [-0.2, 0) is 10.9 Å². The van der Waals surface area contributed by atoms with Crippen LogP contribution in [-0.4, -0.2) is 45.4 Å². The Labute approximate surface area is 169 Å². The van der Waals surface area contributed by atoms with Gasteiger partial charge in [0.05, 0.1) is 36.9 Å². The smallest absolute Gasteiger partial charge is 0.371 e. The first-order valence-electron chi connectivity index (χ1n) is 9.08. The van der Waals surface area contributed by atoms with Gasteiger partial charge in [0, 0.05) is 25.0 Å². The van der Waals surface area contributed by atoms with Crippen molar-refractivity contribution in [1.29, 1.82) is 0 Å². The fraction of sp³-hybridized carbons (Fsp3) is 0.263. The van der Waals surface area contributed by atoms with Crippen molar-refractivity contribution >= 4 is 11.6 Å². The molecule has 1 aliphatic rings. The third-order valence-electron chi connectivity index (χ3n) is 4.46. The fourth-order valence-electron chi connectivity index (χ4n) is 2.93. The lowest BCUT2D eigenvalue weighted by Gasteiger charge is -2.24. The minimum Gasteiger partial charge on any atom is -0.371 e. The van der Waals surface area contributed by atoms with E-state index in [0.29, 0.717) is 18.5 Å². The molecule has 0 spiro atoms. The largest absolute Gasteiger partial charge is 0.434 e. The van der Waals surface area contributed by atoms with Crippen LogP contribution in [0.25, 0.3) is 5.82 Å². The predicted molar refractivity (Wildman–Crippen MR) is 100 cm³/mol. The van der Waals surface area contributed by atoms with Crippen molar-refractivity contribution in [3.63, 3.8) is 0 Å². The number of carbonyl (C=O) groups excluding carboxylic acids is 1. The highest BCUT2D eigenvalue weighted by Gasteiger charge is 2.33. The molecule has 1 aromatic carbocycles. The first kappa shape index (κ1) is 20.0. The predicted octanol–water partition coefficient (Wildman–Crippen LogP) is 2.59. The number of anilines is 1. The van der Waals surface area contributed by atoms with Crippen molar-refractivity contribution in [3.8, 4) is 5.82 Å². The van der Waals surface area contributed by atoms with Crippen molar-refractivity contribution in [1.82, 2.24) is 25.1 Å². The Morgan fingerprint density at radius 1 is 1.20 bits per heavy atom. The lowest BCUT2D eigenvalue weighted by Crippen LogP contribution is -2.33. The number of benzene rings is 1. The average molecular weight is 418 g/mol. The van der Waals surface area contributed by atoms with Gasteiger partial charge < -0.3 is 15.4 Å². The van der Waals surface area contributed by atoms with E-state index in [1.165, 1.54) is 12.4 Å². The molecule has 1 fully saturated rings. The summed E-state index contributed by atoms with van der Waals surface area (Å²) in [4.78, 5) is 19.5. The SMILES string of the molecule is O=C(Nc1ccc(C2CNCCO2)cc1)c1cnn(-c2cncc(C(F)(F)F)n2)c1. The number of amides is 1. The lowest BCUT2D eigenvalue weighted by molar-refractivity contribution is -0.141. The first-order valence-corrected chi connectivity index (χ1v) is 9.08. The van der Waals surface area contributed by atoms with Crippen molar-refractivity contribution in [2.24, 2.45) is 0 Å². The summed E-state index contributed by atoms with van der Waals surface area (Å²) in [5.74, 6) is -0.598. The van der Waals surface area contributed by atoms with Crippen molar-refractivity contribution in [2.75, 3.05) is 25.0 Å². The molecular weight excluding hydrogens is 401 g/mol. The summed E-state index contributed by atoms with van der Waals surface area (Å²) in [5.41, 5.74) is 0.590. The Morgan fingerprint density at radius 3 is 2.70 bits per heavy atom. The highest BCUT2D eigenvalue weighted by atomic mass is 19.4. The summed E-state index contributed by atoms with van der Waals surface area (Å²) >= 11 is 0. The molecule has 8 nitrogen and oxygen atoms in total. The zero-order valence-corrected chi connectivity index (χ0v) is 15.6. The van der Waals surface area contributed by atoms with E-state index in [9.17, 15) is 18.0 Å². The standard InChI is InChI=1S/C19H17F3N6O2/c20-19(21,22)16-9-24-10-17(27-16)28-11-13(7-25-28)18(29)26-14-3-1-12(2-4-14)15-8-23-5-6-30-15/h1-4,7,9-11,15,23H,5-6,8H2,(H,26,29). The van der Waals surface area contributed by atoms with Gasteiger partial charge >= 0.3 is 6.18 Å². The molecule has 3 heterocycles. The molecule has 0 radical (unpaired) electrons. The number of ether oxygens (including phenoxy) is 1. The molecule has 11 heteroatoms. The molecule has 2 aromatic heterocycles. The summed E-state index contributed by atoms with van der Waals surface area (Å²) in [5, 5.41) is 9.89. The Balaban J connectivity index is 1.44. The number of carbonyl (C=O) groups is 1. The second kappa shape index (κ2) is 8.20. The number of halogens is 3. The van der Waals surface area contributed by atoms with Crippen LogP contribution in [0.15, 0.2) is 49.1 Å². The number of hydrogen-bond donors (Lipinski definition) is 2. The summed E-state index contributed by atoms with van der Waals surface area (Å²) in [6.45, 7) is 2.19. The normalized spacial score (nSPS) is 17.0. The van der Waals surface area contributed by atoms with Crippen LogP contribution >= 0.6 is 0 Å². The van der Waals surface area contributed by atoms with Crippen molar-refractivity contribution in [3.05, 3.63) is 65.9 Å². The van der Waals surface area contributed by atoms with Gasteiger partial charge in [-0.3, -0.25) is 9.78 Å². The molecule has 1 aliphatic heterocycles.